The Labute approximate surface area is 91.5 Å². The van der Waals surface area contributed by atoms with Crippen molar-refractivity contribution in [3.05, 3.63) is 0 Å². The average molecular weight is 231 g/mol. The molecule has 0 aliphatic carbocycles. The van der Waals surface area contributed by atoms with E-state index in [9.17, 15) is 8.42 Å². The number of nitrogens with zero attached hydrogens (tertiary/aromatic N) is 3. The lowest BCUT2D eigenvalue weighted by molar-refractivity contribution is 0.379. The third kappa shape index (κ3) is 2.91. The second kappa shape index (κ2) is 4.92. The largest absolute Gasteiger partial charge is 0.281 e. The van der Waals surface area contributed by atoms with E-state index in [0.717, 1.165) is 12.8 Å². The maximum Gasteiger partial charge on any atom is 0.281 e. The van der Waals surface area contributed by atoms with Gasteiger partial charge in [-0.3, -0.25) is 0 Å². The third-order valence-corrected chi connectivity index (χ3v) is 4.49. The number of hydrogen-bond donors (Lipinski definition) is 0. The van der Waals surface area contributed by atoms with Crippen LogP contribution in [0.2, 0.25) is 0 Å². The van der Waals surface area contributed by atoms with E-state index in [1.165, 1.54) is 15.7 Å². The van der Waals surface area contributed by atoms with Crippen molar-refractivity contribution in [3.63, 3.8) is 0 Å². The van der Waals surface area contributed by atoms with Crippen LogP contribution in [0.15, 0.2) is 0 Å². The molecule has 1 unspecified atom stereocenters. The SMILES string of the molecule is CC(C#N)CN(C)S(=O)(=O)N1CCCC1. The van der Waals surface area contributed by atoms with Crippen molar-refractivity contribution in [1.82, 2.24) is 8.61 Å². The number of rotatable bonds is 4. The molecule has 15 heavy (non-hydrogen) atoms. The molecule has 1 fully saturated rings. The van der Waals surface area contributed by atoms with Crippen LogP contribution in [-0.2, 0) is 10.2 Å². The lowest BCUT2D eigenvalue weighted by Gasteiger charge is -2.24. The molecule has 1 aliphatic rings. The Morgan fingerprint density at radius 3 is 2.47 bits per heavy atom. The van der Waals surface area contributed by atoms with E-state index in [1.807, 2.05) is 6.07 Å². The molecular weight excluding hydrogens is 214 g/mol. The fraction of sp³-hybridized carbons (Fsp3) is 0.889. The highest BCUT2D eigenvalue weighted by Gasteiger charge is 2.29. The summed E-state index contributed by atoms with van der Waals surface area (Å²) in [5.74, 6) is -0.271. The van der Waals surface area contributed by atoms with Gasteiger partial charge in [-0.05, 0) is 19.8 Å². The summed E-state index contributed by atoms with van der Waals surface area (Å²) >= 11 is 0. The first-order valence-corrected chi connectivity index (χ1v) is 6.49. The Kier molecular flexibility index (Phi) is 4.08. The van der Waals surface area contributed by atoms with Gasteiger partial charge in [-0.25, -0.2) is 0 Å². The summed E-state index contributed by atoms with van der Waals surface area (Å²) in [6.07, 6.45) is 1.86. The molecule has 0 N–H and O–H groups in total. The maximum absolute atomic E-state index is 11.9. The number of hydrogen-bond acceptors (Lipinski definition) is 3. The van der Waals surface area contributed by atoms with Crippen LogP contribution in [0, 0.1) is 17.2 Å². The summed E-state index contributed by atoms with van der Waals surface area (Å²) in [7, 11) is -1.80. The fourth-order valence-corrected chi connectivity index (χ4v) is 3.16. The Bertz CT molecular complexity index is 341. The van der Waals surface area contributed by atoms with Gasteiger partial charge in [0.05, 0.1) is 12.0 Å². The van der Waals surface area contributed by atoms with E-state index in [4.69, 9.17) is 5.26 Å². The zero-order chi connectivity index (χ0) is 11.5. The van der Waals surface area contributed by atoms with Crippen LogP contribution < -0.4 is 0 Å². The van der Waals surface area contributed by atoms with E-state index < -0.39 is 10.2 Å². The third-order valence-electron chi connectivity index (χ3n) is 2.54. The zero-order valence-corrected chi connectivity index (χ0v) is 10.00. The highest BCUT2D eigenvalue weighted by molar-refractivity contribution is 7.86. The molecule has 0 amide bonds. The first kappa shape index (κ1) is 12.4. The Balaban J connectivity index is 2.65. The predicted molar refractivity (Wildman–Crippen MR) is 57.1 cm³/mol. The molecule has 86 valence electrons. The maximum atomic E-state index is 11.9. The number of nitriles is 1. The van der Waals surface area contributed by atoms with Crippen LogP contribution in [0.25, 0.3) is 0 Å². The molecule has 1 aliphatic heterocycles. The Morgan fingerprint density at radius 1 is 1.47 bits per heavy atom. The van der Waals surface area contributed by atoms with Crippen molar-refractivity contribution in [2.24, 2.45) is 5.92 Å². The van der Waals surface area contributed by atoms with E-state index in [2.05, 4.69) is 0 Å². The van der Waals surface area contributed by atoms with Gasteiger partial charge in [-0.2, -0.15) is 22.3 Å². The molecule has 0 spiro atoms. The minimum Gasteiger partial charge on any atom is -0.198 e. The molecule has 0 aromatic rings. The smallest absolute Gasteiger partial charge is 0.198 e. The van der Waals surface area contributed by atoms with Crippen LogP contribution in [0.4, 0.5) is 0 Å². The van der Waals surface area contributed by atoms with Crippen LogP contribution >= 0.6 is 0 Å². The molecule has 1 atom stereocenters. The average Bonchev–Trinajstić information content (AvgIpc) is 2.70. The molecule has 6 heteroatoms. The predicted octanol–water partition coefficient (Wildman–Crippen LogP) is 0.418. The quantitative estimate of drug-likeness (QED) is 0.704. The Hall–Kier alpha value is -0.640. The summed E-state index contributed by atoms with van der Waals surface area (Å²) in [6.45, 7) is 3.19. The minimum atomic E-state index is -3.33. The summed E-state index contributed by atoms with van der Waals surface area (Å²) in [5.41, 5.74) is 0. The van der Waals surface area contributed by atoms with Crippen LogP contribution in [-0.4, -0.2) is 43.7 Å². The van der Waals surface area contributed by atoms with Crippen molar-refractivity contribution in [2.45, 2.75) is 19.8 Å². The molecule has 1 rings (SSSR count). The normalized spacial score (nSPS) is 20.4. The van der Waals surface area contributed by atoms with Crippen molar-refractivity contribution < 1.29 is 8.42 Å². The molecular formula is C9H17N3O2S. The van der Waals surface area contributed by atoms with Crippen molar-refractivity contribution in [1.29, 1.82) is 5.26 Å². The van der Waals surface area contributed by atoms with Crippen molar-refractivity contribution in [3.8, 4) is 6.07 Å². The first-order chi connectivity index (χ1) is 6.98. The highest BCUT2D eigenvalue weighted by atomic mass is 32.2. The van der Waals surface area contributed by atoms with E-state index in [-0.39, 0.29) is 12.5 Å². The molecule has 0 bridgehead atoms. The summed E-state index contributed by atoms with van der Waals surface area (Å²) < 4.78 is 26.6. The zero-order valence-electron chi connectivity index (χ0n) is 9.18. The molecule has 0 aromatic carbocycles. The summed E-state index contributed by atoms with van der Waals surface area (Å²) in [4.78, 5) is 0. The molecule has 0 saturated carbocycles. The lowest BCUT2D eigenvalue weighted by atomic mass is 10.2. The molecule has 1 saturated heterocycles. The summed E-state index contributed by atoms with van der Waals surface area (Å²) in [5, 5.41) is 8.63. The molecule has 0 radical (unpaired) electrons. The van der Waals surface area contributed by atoms with E-state index in [0.29, 0.717) is 13.1 Å². The van der Waals surface area contributed by atoms with E-state index in [1.54, 1.807) is 6.92 Å². The lowest BCUT2D eigenvalue weighted by Crippen LogP contribution is -2.41. The first-order valence-electron chi connectivity index (χ1n) is 5.09. The van der Waals surface area contributed by atoms with Crippen molar-refractivity contribution >= 4 is 10.2 Å². The van der Waals surface area contributed by atoms with Crippen LogP contribution in [0.3, 0.4) is 0 Å². The fourth-order valence-electron chi connectivity index (χ4n) is 1.64. The van der Waals surface area contributed by atoms with Gasteiger partial charge in [0, 0.05) is 26.7 Å². The van der Waals surface area contributed by atoms with E-state index >= 15 is 0 Å². The molecule has 0 aromatic heterocycles. The van der Waals surface area contributed by atoms with Gasteiger partial charge in [-0.1, -0.05) is 0 Å². The Morgan fingerprint density at radius 2 is 2.00 bits per heavy atom. The van der Waals surface area contributed by atoms with Gasteiger partial charge in [0.1, 0.15) is 0 Å². The van der Waals surface area contributed by atoms with Crippen LogP contribution in [0.5, 0.6) is 0 Å². The topological polar surface area (TPSA) is 64.4 Å². The van der Waals surface area contributed by atoms with Gasteiger partial charge in [0.2, 0.25) is 0 Å². The highest BCUT2D eigenvalue weighted by Crippen LogP contribution is 2.16. The second-order valence-electron chi connectivity index (χ2n) is 3.92. The molecule has 5 nitrogen and oxygen atoms in total. The molecule has 1 heterocycles. The minimum absolute atomic E-state index is 0.259. The monoisotopic (exact) mass is 231 g/mol. The second-order valence-corrected chi connectivity index (χ2v) is 5.96. The van der Waals surface area contributed by atoms with Gasteiger partial charge < -0.3 is 0 Å². The van der Waals surface area contributed by atoms with Crippen molar-refractivity contribution in [2.75, 3.05) is 26.7 Å². The van der Waals surface area contributed by atoms with Gasteiger partial charge >= 0.3 is 0 Å². The van der Waals surface area contributed by atoms with Gasteiger partial charge in [0.15, 0.2) is 0 Å². The standard InChI is InChI=1S/C9H17N3O2S/c1-9(7-10)8-11(2)15(13,14)12-5-3-4-6-12/h9H,3-6,8H2,1-2H3. The summed E-state index contributed by atoms with van der Waals surface area (Å²) in [6, 6.07) is 2.03. The van der Waals surface area contributed by atoms with Crippen LogP contribution in [0.1, 0.15) is 19.8 Å². The van der Waals surface area contributed by atoms with Gasteiger partial charge in [-0.15, -0.1) is 0 Å². The van der Waals surface area contributed by atoms with Gasteiger partial charge in [0.25, 0.3) is 10.2 Å².